The number of rotatable bonds is 8. The van der Waals surface area contributed by atoms with Crippen molar-refractivity contribution in [1.82, 2.24) is 14.3 Å². The van der Waals surface area contributed by atoms with Gasteiger partial charge in [-0.2, -0.15) is 13.1 Å². The van der Waals surface area contributed by atoms with E-state index in [1.54, 1.807) is 7.11 Å². The topological polar surface area (TPSA) is 70.7 Å². The zero-order valence-corrected chi connectivity index (χ0v) is 14.9. The predicted molar refractivity (Wildman–Crippen MR) is 91.7 cm³/mol. The maximum Gasteiger partial charge on any atom is 0.277 e. The number of ether oxygens (including phenoxy) is 1. The Morgan fingerprint density at radius 1 is 1.22 bits per heavy atom. The third kappa shape index (κ3) is 5.46. The van der Waals surface area contributed by atoms with Crippen molar-refractivity contribution in [3.05, 3.63) is 29.8 Å². The molecule has 2 N–H and O–H groups in total. The number of nitrogens with zero attached hydrogens (tertiary/aromatic N) is 1. The second kappa shape index (κ2) is 8.10. The van der Waals surface area contributed by atoms with Gasteiger partial charge in [-0.3, -0.25) is 0 Å². The summed E-state index contributed by atoms with van der Waals surface area (Å²) in [5.41, 5.74) is 1.04. The zero-order valence-electron chi connectivity index (χ0n) is 14.1. The number of benzene rings is 1. The van der Waals surface area contributed by atoms with Gasteiger partial charge in [0.2, 0.25) is 0 Å². The molecule has 7 heteroatoms. The lowest BCUT2D eigenvalue weighted by Crippen LogP contribution is -2.44. The van der Waals surface area contributed by atoms with Crippen molar-refractivity contribution in [3.63, 3.8) is 0 Å². The summed E-state index contributed by atoms with van der Waals surface area (Å²) in [4.78, 5) is 2.00. The van der Waals surface area contributed by atoms with Gasteiger partial charge in [-0.25, -0.2) is 4.72 Å². The Morgan fingerprint density at radius 2 is 1.83 bits per heavy atom. The normalized spacial score (nSPS) is 17.6. The minimum absolute atomic E-state index is 0.0407. The van der Waals surface area contributed by atoms with Crippen LogP contribution in [0.2, 0.25) is 0 Å². The van der Waals surface area contributed by atoms with E-state index in [0.717, 1.165) is 37.0 Å². The van der Waals surface area contributed by atoms with E-state index in [2.05, 4.69) is 9.44 Å². The minimum Gasteiger partial charge on any atom is -0.497 e. The lowest BCUT2D eigenvalue weighted by atomic mass is 10.1. The average molecular weight is 341 g/mol. The Balaban J connectivity index is 1.98. The fraction of sp³-hybridized carbons (Fsp3) is 0.625. The van der Waals surface area contributed by atoms with Gasteiger partial charge in [-0.1, -0.05) is 25.0 Å². The van der Waals surface area contributed by atoms with Gasteiger partial charge in [0, 0.05) is 18.6 Å². The van der Waals surface area contributed by atoms with Crippen molar-refractivity contribution in [2.45, 2.75) is 37.8 Å². The molecule has 6 nitrogen and oxygen atoms in total. The molecule has 0 aromatic heterocycles. The molecule has 23 heavy (non-hydrogen) atoms. The van der Waals surface area contributed by atoms with Crippen LogP contribution in [0.4, 0.5) is 0 Å². The molecule has 1 fully saturated rings. The Morgan fingerprint density at radius 3 is 2.35 bits per heavy atom. The molecule has 0 saturated heterocycles. The van der Waals surface area contributed by atoms with Crippen LogP contribution < -0.4 is 14.2 Å². The van der Waals surface area contributed by atoms with Crippen LogP contribution in [-0.2, 0) is 10.2 Å². The van der Waals surface area contributed by atoms with Crippen molar-refractivity contribution in [2.75, 3.05) is 27.7 Å². The smallest absolute Gasteiger partial charge is 0.277 e. The van der Waals surface area contributed by atoms with Gasteiger partial charge in [0.15, 0.2) is 0 Å². The van der Waals surface area contributed by atoms with Crippen LogP contribution in [-0.4, -0.2) is 47.1 Å². The fourth-order valence-electron chi connectivity index (χ4n) is 2.92. The molecule has 130 valence electrons. The van der Waals surface area contributed by atoms with E-state index < -0.39 is 10.2 Å². The first-order chi connectivity index (χ1) is 10.9. The van der Waals surface area contributed by atoms with Gasteiger partial charge in [0.1, 0.15) is 5.75 Å². The monoisotopic (exact) mass is 341 g/mol. The van der Waals surface area contributed by atoms with Crippen LogP contribution in [0.25, 0.3) is 0 Å². The van der Waals surface area contributed by atoms with Gasteiger partial charge >= 0.3 is 0 Å². The molecular formula is C16H27N3O3S. The zero-order chi connectivity index (χ0) is 16.9. The highest BCUT2D eigenvalue weighted by atomic mass is 32.2. The molecule has 1 saturated carbocycles. The molecule has 1 aliphatic carbocycles. The number of methoxy groups -OCH3 is 1. The first-order valence-electron chi connectivity index (χ1n) is 7.98. The molecule has 1 atom stereocenters. The quantitative estimate of drug-likeness (QED) is 0.754. The maximum absolute atomic E-state index is 12.2. The second-order valence-electron chi connectivity index (χ2n) is 6.20. The molecule has 0 aliphatic heterocycles. The van der Waals surface area contributed by atoms with Crippen molar-refractivity contribution >= 4 is 10.2 Å². The van der Waals surface area contributed by atoms with Gasteiger partial charge in [-0.15, -0.1) is 0 Å². The van der Waals surface area contributed by atoms with Crippen LogP contribution in [0, 0.1) is 0 Å². The predicted octanol–water partition coefficient (Wildman–Crippen LogP) is 1.66. The van der Waals surface area contributed by atoms with E-state index >= 15 is 0 Å². The highest BCUT2D eigenvalue weighted by molar-refractivity contribution is 7.87. The molecular weight excluding hydrogens is 314 g/mol. The van der Waals surface area contributed by atoms with Gasteiger partial charge < -0.3 is 9.64 Å². The molecule has 1 aromatic carbocycles. The lowest BCUT2D eigenvalue weighted by Gasteiger charge is -2.25. The van der Waals surface area contributed by atoms with Crippen molar-refractivity contribution in [2.24, 2.45) is 0 Å². The first-order valence-corrected chi connectivity index (χ1v) is 9.47. The third-order valence-electron chi connectivity index (χ3n) is 4.27. The SMILES string of the molecule is COc1ccc(C(CNS(=O)(=O)NC2CCCC2)N(C)C)cc1. The van der Waals surface area contributed by atoms with E-state index in [0.29, 0.717) is 6.54 Å². The minimum atomic E-state index is -3.47. The summed E-state index contributed by atoms with van der Waals surface area (Å²) < 4.78 is 35.0. The van der Waals surface area contributed by atoms with Crippen molar-refractivity contribution < 1.29 is 13.2 Å². The maximum atomic E-state index is 12.2. The molecule has 0 amide bonds. The molecule has 0 heterocycles. The Hall–Kier alpha value is -1.15. The fourth-order valence-corrected chi connectivity index (χ4v) is 4.05. The molecule has 0 radical (unpaired) electrons. The van der Waals surface area contributed by atoms with Gasteiger partial charge in [0.25, 0.3) is 10.2 Å². The van der Waals surface area contributed by atoms with E-state index in [9.17, 15) is 8.42 Å². The van der Waals surface area contributed by atoms with E-state index in [-0.39, 0.29) is 12.1 Å². The lowest BCUT2D eigenvalue weighted by molar-refractivity contribution is 0.298. The van der Waals surface area contributed by atoms with E-state index in [4.69, 9.17) is 4.74 Å². The van der Waals surface area contributed by atoms with Crippen LogP contribution in [0.1, 0.15) is 37.3 Å². The summed E-state index contributed by atoms with van der Waals surface area (Å²) >= 11 is 0. The third-order valence-corrected chi connectivity index (χ3v) is 5.46. The number of likely N-dealkylation sites (N-methyl/N-ethyl adjacent to an activating group) is 1. The molecule has 1 unspecified atom stereocenters. The molecule has 1 aromatic rings. The van der Waals surface area contributed by atoms with Crippen LogP contribution in [0.5, 0.6) is 5.75 Å². The van der Waals surface area contributed by atoms with Crippen LogP contribution in [0.15, 0.2) is 24.3 Å². The van der Waals surface area contributed by atoms with Crippen molar-refractivity contribution in [3.8, 4) is 5.75 Å². The number of hydrogen-bond donors (Lipinski definition) is 2. The Bertz CT molecular complexity index is 581. The van der Waals surface area contributed by atoms with E-state index in [1.807, 2.05) is 43.3 Å². The summed E-state index contributed by atoms with van der Waals surface area (Å²) in [6.07, 6.45) is 4.05. The summed E-state index contributed by atoms with van der Waals surface area (Å²) in [6, 6.07) is 7.73. The van der Waals surface area contributed by atoms with Gasteiger partial charge in [-0.05, 0) is 44.6 Å². The average Bonchev–Trinajstić information content (AvgIpc) is 2.99. The van der Waals surface area contributed by atoms with E-state index in [1.165, 1.54) is 0 Å². The van der Waals surface area contributed by atoms with Crippen LogP contribution in [0.3, 0.4) is 0 Å². The molecule has 2 rings (SSSR count). The summed E-state index contributed by atoms with van der Waals surface area (Å²) in [6.45, 7) is 0.321. The Labute approximate surface area is 139 Å². The highest BCUT2D eigenvalue weighted by Crippen LogP contribution is 2.21. The summed E-state index contributed by atoms with van der Waals surface area (Å²) in [5, 5.41) is 0. The van der Waals surface area contributed by atoms with Gasteiger partial charge in [0.05, 0.1) is 7.11 Å². The second-order valence-corrected chi connectivity index (χ2v) is 7.73. The number of hydrogen-bond acceptors (Lipinski definition) is 4. The standard InChI is InChI=1S/C16H27N3O3S/c1-19(2)16(13-8-10-15(22-3)11-9-13)12-17-23(20,21)18-14-6-4-5-7-14/h8-11,14,16-18H,4-7,12H2,1-3H3. The number of nitrogens with one attached hydrogen (secondary N) is 2. The highest BCUT2D eigenvalue weighted by Gasteiger charge is 2.23. The van der Waals surface area contributed by atoms with Crippen LogP contribution >= 0.6 is 0 Å². The summed E-state index contributed by atoms with van der Waals surface area (Å²) in [5.74, 6) is 0.787. The molecule has 1 aliphatic rings. The molecule has 0 bridgehead atoms. The van der Waals surface area contributed by atoms with Crippen molar-refractivity contribution in [1.29, 1.82) is 0 Å². The summed E-state index contributed by atoms with van der Waals surface area (Å²) in [7, 11) is 2.04. The first kappa shape index (κ1) is 18.2. The largest absolute Gasteiger partial charge is 0.497 e. The Kier molecular flexibility index (Phi) is 6.41. The molecule has 0 spiro atoms.